The van der Waals surface area contributed by atoms with E-state index in [1.807, 2.05) is 6.92 Å². The Morgan fingerprint density at radius 3 is 2.59 bits per heavy atom. The number of rotatable bonds is 5. The third-order valence-corrected chi connectivity index (χ3v) is 5.80. The van der Waals surface area contributed by atoms with Crippen molar-refractivity contribution in [2.75, 3.05) is 19.0 Å². The monoisotopic (exact) mass is 416 g/mol. The number of nitrogens with zero attached hydrogens (tertiary/aromatic N) is 4. The van der Waals surface area contributed by atoms with E-state index in [1.54, 1.807) is 29.8 Å². The Kier molecular flexibility index (Phi) is 4.95. The number of ether oxygens (including phenoxy) is 2. The van der Waals surface area contributed by atoms with E-state index < -0.39 is 11.2 Å². The topological polar surface area (TPSA) is 97.3 Å². The molecule has 0 aliphatic carbocycles. The molecule has 0 unspecified atom stereocenters. The minimum absolute atomic E-state index is 0.0940. The minimum Gasteiger partial charge on any atom is -0.486 e. The maximum atomic E-state index is 12.7. The van der Waals surface area contributed by atoms with Gasteiger partial charge in [0.05, 0.1) is 5.75 Å². The molecule has 0 spiro atoms. The molecule has 1 aromatic carbocycles. The maximum absolute atomic E-state index is 12.7. The van der Waals surface area contributed by atoms with Crippen LogP contribution in [0.25, 0.3) is 11.2 Å². The molecule has 0 atom stereocenters. The summed E-state index contributed by atoms with van der Waals surface area (Å²) in [6.45, 7) is 3.32. The summed E-state index contributed by atoms with van der Waals surface area (Å²) in [5.41, 5.74) is 0.347. The summed E-state index contributed by atoms with van der Waals surface area (Å²) in [6.07, 6.45) is 0. The average Bonchev–Trinajstić information content (AvgIpc) is 3.12. The molecule has 10 heteroatoms. The van der Waals surface area contributed by atoms with Gasteiger partial charge in [0.15, 0.2) is 33.6 Å². The largest absolute Gasteiger partial charge is 0.486 e. The number of thioether (sulfide) groups is 1. The first kappa shape index (κ1) is 19.3. The number of aryl methyl sites for hydroxylation is 2. The van der Waals surface area contributed by atoms with Crippen LogP contribution >= 0.6 is 11.8 Å². The third kappa shape index (κ3) is 3.23. The predicted molar refractivity (Wildman–Crippen MR) is 108 cm³/mol. The fourth-order valence-corrected chi connectivity index (χ4v) is 4.21. The van der Waals surface area contributed by atoms with Crippen LogP contribution in [0.4, 0.5) is 0 Å². The molecule has 0 N–H and O–H groups in total. The normalized spacial score (nSPS) is 13.1. The number of aromatic nitrogens is 4. The lowest BCUT2D eigenvalue weighted by Crippen LogP contribution is -2.37. The summed E-state index contributed by atoms with van der Waals surface area (Å²) < 4.78 is 15.1. The third-order valence-electron chi connectivity index (χ3n) is 4.83. The van der Waals surface area contributed by atoms with Crippen LogP contribution in [0.2, 0.25) is 0 Å². The van der Waals surface area contributed by atoms with Gasteiger partial charge in [0.2, 0.25) is 0 Å². The van der Waals surface area contributed by atoms with Gasteiger partial charge in [-0.1, -0.05) is 11.8 Å². The second-order valence-corrected chi connectivity index (χ2v) is 7.53. The summed E-state index contributed by atoms with van der Waals surface area (Å²) in [7, 11) is 3.02. The number of imidazole rings is 1. The number of hydrogen-bond donors (Lipinski definition) is 0. The first-order valence-corrected chi connectivity index (χ1v) is 10.1. The molecule has 2 aromatic heterocycles. The summed E-state index contributed by atoms with van der Waals surface area (Å²) in [4.78, 5) is 41.9. The molecule has 152 valence electrons. The van der Waals surface area contributed by atoms with Gasteiger partial charge < -0.3 is 14.0 Å². The minimum atomic E-state index is -0.438. The summed E-state index contributed by atoms with van der Waals surface area (Å²) in [5, 5.41) is 0.520. The highest BCUT2D eigenvalue weighted by Crippen LogP contribution is 2.31. The summed E-state index contributed by atoms with van der Waals surface area (Å²) >= 11 is 1.23. The van der Waals surface area contributed by atoms with Crippen LogP contribution < -0.4 is 20.7 Å². The molecule has 1 aliphatic rings. The van der Waals surface area contributed by atoms with Gasteiger partial charge in [-0.05, 0) is 25.1 Å². The standard InChI is InChI=1S/C19H20N4O5S/c1-4-23-15-16(21(2)19(26)22(3)17(15)25)20-18(23)29-10-12(24)11-5-6-13-14(9-11)28-8-7-27-13/h5-6,9H,4,7-8,10H2,1-3H3. The van der Waals surface area contributed by atoms with Crippen molar-refractivity contribution < 1.29 is 14.3 Å². The van der Waals surface area contributed by atoms with E-state index in [9.17, 15) is 14.4 Å². The smallest absolute Gasteiger partial charge is 0.332 e. The second-order valence-electron chi connectivity index (χ2n) is 6.59. The van der Waals surface area contributed by atoms with Crippen molar-refractivity contribution in [2.45, 2.75) is 18.6 Å². The van der Waals surface area contributed by atoms with Gasteiger partial charge in [0, 0.05) is 26.2 Å². The van der Waals surface area contributed by atoms with E-state index in [4.69, 9.17) is 9.47 Å². The van der Waals surface area contributed by atoms with Gasteiger partial charge in [-0.2, -0.15) is 0 Å². The molecule has 0 fully saturated rings. The summed E-state index contributed by atoms with van der Waals surface area (Å²) in [6, 6.07) is 5.12. The molecule has 0 saturated carbocycles. The number of carbonyl (C=O) groups is 1. The molecule has 4 rings (SSSR count). The van der Waals surface area contributed by atoms with E-state index in [0.717, 1.165) is 4.57 Å². The number of carbonyl (C=O) groups excluding carboxylic acids is 1. The fraction of sp³-hybridized carbons (Fsp3) is 0.368. The Morgan fingerprint density at radius 2 is 1.86 bits per heavy atom. The molecule has 0 bridgehead atoms. The molecular weight excluding hydrogens is 396 g/mol. The van der Waals surface area contributed by atoms with Crippen LogP contribution in [0.5, 0.6) is 11.5 Å². The van der Waals surface area contributed by atoms with Crippen molar-refractivity contribution in [3.8, 4) is 11.5 Å². The van der Waals surface area contributed by atoms with Crippen LogP contribution in [0.1, 0.15) is 17.3 Å². The Hall–Kier alpha value is -3.01. The SMILES string of the molecule is CCn1c(SCC(=O)c2ccc3c(c2)OCCO3)nc2c1c(=O)n(C)c(=O)n2C. The number of benzene rings is 1. The Bertz CT molecular complexity index is 1240. The molecule has 9 nitrogen and oxygen atoms in total. The average molecular weight is 416 g/mol. The van der Waals surface area contributed by atoms with Gasteiger partial charge in [0.25, 0.3) is 5.56 Å². The van der Waals surface area contributed by atoms with E-state index in [0.29, 0.717) is 53.1 Å². The van der Waals surface area contributed by atoms with Gasteiger partial charge >= 0.3 is 5.69 Å². The summed E-state index contributed by atoms with van der Waals surface area (Å²) in [5.74, 6) is 1.23. The Labute approximate surface area is 169 Å². The Balaban J connectivity index is 1.64. The van der Waals surface area contributed by atoms with Crippen LogP contribution in [0.3, 0.4) is 0 Å². The van der Waals surface area contributed by atoms with Crippen LogP contribution in [0.15, 0.2) is 32.9 Å². The van der Waals surface area contributed by atoms with Crippen molar-refractivity contribution in [3.63, 3.8) is 0 Å². The highest BCUT2D eigenvalue weighted by atomic mass is 32.2. The molecule has 3 heterocycles. The number of Topliss-reactive ketones (excluding diaryl/α,β-unsaturated/α-hetero) is 1. The number of ketones is 1. The van der Waals surface area contributed by atoms with Crippen molar-refractivity contribution in [1.82, 2.24) is 18.7 Å². The molecular formula is C19H20N4O5S. The Morgan fingerprint density at radius 1 is 1.14 bits per heavy atom. The first-order chi connectivity index (χ1) is 13.9. The molecule has 0 saturated heterocycles. The van der Waals surface area contributed by atoms with Gasteiger partial charge in [0.1, 0.15) is 13.2 Å². The zero-order valence-electron chi connectivity index (χ0n) is 16.3. The maximum Gasteiger partial charge on any atom is 0.332 e. The van der Waals surface area contributed by atoms with Crippen LogP contribution in [-0.2, 0) is 20.6 Å². The second kappa shape index (κ2) is 7.43. The molecule has 0 radical (unpaired) electrons. The van der Waals surface area contributed by atoms with Gasteiger partial charge in [-0.25, -0.2) is 9.78 Å². The fourth-order valence-electron chi connectivity index (χ4n) is 3.26. The van der Waals surface area contributed by atoms with Gasteiger partial charge in [-0.3, -0.25) is 18.7 Å². The van der Waals surface area contributed by atoms with E-state index in [-0.39, 0.29) is 11.5 Å². The highest BCUT2D eigenvalue weighted by Gasteiger charge is 2.20. The lowest BCUT2D eigenvalue weighted by molar-refractivity contribution is 0.102. The number of hydrogen-bond acceptors (Lipinski definition) is 7. The zero-order valence-corrected chi connectivity index (χ0v) is 17.1. The number of fused-ring (bicyclic) bond motifs is 2. The quantitative estimate of drug-likeness (QED) is 0.455. The van der Waals surface area contributed by atoms with Crippen molar-refractivity contribution in [2.24, 2.45) is 14.1 Å². The van der Waals surface area contributed by atoms with Crippen LogP contribution in [0, 0.1) is 0 Å². The molecule has 3 aromatic rings. The van der Waals surface area contributed by atoms with E-state index >= 15 is 0 Å². The van der Waals surface area contributed by atoms with Crippen molar-refractivity contribution in [3.05, 3.63) is 44.6 Å². The van der Waals surface area contributed by atoms with Crippen molar-refractivity contribution in [1.29, 1.82) is 0 Å². The van der Waals surface area contributed by atoms with Gasteiger partial charge in [-0.15, -0.1) is 0 Å². The first-order valence-electron chi connectivity index (χ1n) is 9.14. The lowest BCUT2D eigenvalue weighted by Gasteiger charge is -2.18. The zero-order chi connectivity index (χ0) is 20.7. The molecule has 29 heavy (non-hydrogen) atoms. The van der Waals surface area contributed by atoms with E-state index in [1.165, 1.54) is 23.4 Å². The molecule has 1 aliphatic heterocycles. The lowest BCUT2D eigenvalue weighted by atomic mass is 10.1. The van der Waals surface area contributed by atoms with Crippen LogP contribution in [-0.4, -0.2) is 43.4 Å². The molecule has 0 amide bonds. The van der Waals surface area contributed by atoms with E-state index in [2.05, 4.69) is 4.98 Å². The van der Waals surface area contributed by atoms with Crippen molar-refractivity contribution >= 4 is 28.7 Å². The highest BCUT2D eigenvalue weighted by molar-refractivity contribution is 7.99. The predicted octanol–water partition coefficient (Wildman–Crippen LogP) is 1.20.